The molecule has 10 heteroatoms. The van der Waals surface area contributed by atoms with E-state index in [1.165, 1.54) is 0 Å². The number of carbonyl (C=O) groups is 1. The van der Waals surface area contributed by atoms with Gasteiger partial charge in [0.05, 0.1) is 19.0 Å². The predicted octanol–water partition coefficient (Wildman–Crippen LogP) is 3.53. The van der Waals surface area contributed by atoms with Crippen LogP contribution < -0.4 is 15.0 Å². The Morgan fingerprint density at radius 3 is 2.70 bits per heavy atom. The van der Waals surface area contributed by atoms with E-state index in [1.54, 1.807) is 36.1 Å². The molecule has 1 aromatic carbocycles. The minimum absolute atomic E-state index is 0.0312. The lowest BCUT2D eigenvalue weighted by atomic mass is 10.0. The number of alkyl halides is 2. The van der Waals surface area contributed by atoms with Gasteiger partial charge in [-0.3, -0.25) is 4.79 Å². The molecule has 1 fully saturated rings. The first-order chi connectivity index (χ1) is 14.1. The molecule has 3 rings (SSSR count). The molecule has 2 N–H and O–H groups in total. The lowest BCUT2D eigenvalue weighted by molar-refractivity contribution is -0.138. The van der Waals surface area contributed by atoms with Crippen molar-refractivity contribution in [3.63, 3.8) is 0 Å². The van der Waals surface area contributed by atoms with Crippen LogP contribution in [-0.4, -0.2) is 52.7 Å². The second kappa shape index (κ2) is 8.76. The maximum absolute atomic E-state index is 14.7. The number of aromatic nitrogens is 2. The molecule has 1 aliphatic rings. The van der Waals surface area contributed by atoms with Crippen LogP contribution in [0.25, 0.3) is 0 Å². The molecule has 162 valence electrons. The first kappa shape index (κ1) is 21.7. The first-order valence-corrected chi connectivity index (χ1v) is 9.50. The van der Waals surface area contributed by atoms with Crippen LogP contribution in [0.2, 0.25) is 0 Å². The second-order valence-electron chi connectivity index (χ2n) is 7.39. The zero-order chi connectivity index (χ0) is 21.9. The quantitative estimate of drug-likeness (QED) is 0.670. The standard InChI is InChI=1S/C20H23F3N4O3/c1-12(19(28)29)13-3-5-14(6-4-13)30-15-7-8-27(9-15)18-16(21)17(25-11-26-18)24-10-20(2,22)23/h3-6,11-12,15H,7-10H2,1-2H3,(H,28,29)(H,24,25,26)/t12?,15-/m1/s1. The Morgan fingerprint density at radius 2 is 2.07 bits per heavy atom. The Hall–Kier alpha value is -3.04. The van der Waals surface area contributed by atoms with Crippen molar-refractivity contribution in [2.45, 2.75) is 38.2 Å². The third kappa shape index (κ3) is 5.31. The van der Waals surface area contributed by atoms with E-state index in [2.05, 4.69) is 15.3 Å². The summed E-state index contributed by atoms with van der Waals surface area (Å²) in [5, 5.41) is 11.4. The van der Waals surface area contributed by atoms with Gasteiger partial charge in [0.25, 0.3) is 5.92 Å². The number of carboxylic acids is 1. The van der Waals surface area contributed by atoms with E-state index in [9.17, 15) is 18.0 Å². The van der Waals surface area contributed by atoms with Crippen LogP contribution in [-0.2, 0) is 4.79 Å². The van der Waals surface area contributed by atoms with E-state index in [0.29, 0.717) is 30.8 Å². The highest BCUT2D eigenvalue weighted by Crippen LogP contribution is 2.28. The van der Waals surface area contributed by atoms with Gasteiger partial charge in [0.2, 0.25) is 5.82 Å². The fourth-order valence-corrected chi connectivity index (χ4v) is 3.13. The molecule has 1 unspecified atom stereocenters. The number of halogens is 3. The van der Waals surface area contributed by atoms with Gasteiger partial charge < -0.3 is 20.1 Å². The van der Waals surface area contributed by atoms with Crippen molar-refractivity contribution in [1.29, 1.82) is 0 Å². The van der Waals surface area contributed by atoms with Gasteiger partial charge in [-0.1, -0.05) is 12.1 Å². The molecule has 0 saturated carbocycles. The number of nitrogens with zero attached hydrogens (tertiary/aromatic N) is 3. The number of aliphatic carboxylic acids is 1. The summed E-state index contributed by atoms with van der Waals surface area (Å²) in [6, 6.07) is 6.81. The minimum atomic E-state index is -3.00. The van der Waals surface area contributed by atoms with Crippen LogP contribution >= 0.6 is 0 Å². The molecule has 0 spiro atoms. The minimum Gasteiger partial charge on any atom is -0.489 e. The molecule has 7 nitrogen and oxygen atoms in total. The Morgan fingerprint density at radius 1 is 1.37 bits per heavy atom. The molecule has 2 aromatic rings. The molecular weight excluding hydrogens is 401 g/mol. The SMILES string of the molecule is CC(C(=O)O)c1ccc(O[C@@H]2CCN(c3ncnc(NCC(C)(F)F)c3F)C2)cc1. The van der Waals surface area contributed by atoms with E-state index in [1.807, 2.05) is 0 Å². The van der Waals surface area contributed by atoms with Gasteiger partial charge in [-0.05, 0) is 24.6 Å². The number of benzene rings is 1. The molecule has 0 radical (unpaired) electrons. The van der Waals surface area contributed by atoms with Crippen LogP contribution in [0.4, 0.5) is 24.8 Å². The van der Waals surface area contributed by atoms with Gasteiger partial charge in [0.15, 0.2) is 11.6 Å². The van der Waals surface area contributed by atoms with Gasteiger partial charge in [0.1, 0.15) is 18.2 Å². The van der Waals surface area contributed by atoms with Gasteiger partial charge in [-0.15, -0.1) is 0 Å². The number of carboxylic acid groups (broad SMARTS) is 1. The lowest BCUT2D eigenvalue weighted by Crippen LogP contribution is -2.27. The molecule has 30 heavy (non-hydrogen) atoms. The van der Waals surface area contributed by atoms with Gasteiger partial charge in [-0.2, -0.15) is 4.39 Å². The summed E-state index contributed by atoms with van der Waals surface area (Å²) in [5.74, 6) is -4.95. The van der Waals surface area contributed by atoms with Gasteiger partial charge in [0, 0.05) is 19.9 Å². The molecule has 0 bridgehead atoms. The highest BCUT2D eigenvalue weighted by atomic mass is 19.3. The van der Waals surface area contributed by atoms with E-state index in [-0.39, 0.29) is 17.7 Å². The maximum Gasteiger partial charge on any atom is 0.310 e. The third-order valence-corrected chi connectivity index (χ3v) is 4.84. The molecule has 1 saturated heterocycles. The number of hydrogen-bond donors (Lipinski definition) is 2. The Bertz CT molecular complexity index is 890. The number of ether oxygens (including phenoxy) is 1. The molecule has 1 aromatic heterocycles. The lowest BCUT2D eigenvalue weighted by Gasteiger charge is -2.20. The number of anilines is 2. The molecule has 0 aliphatic carbocycles. The van der Waals surface area contributed by atoms with Crippen molar-refractivity contribution in [1.82, 2.24) is 9.97 Å². The largest absolute Gasteiger partial charge is 0.489 e. The summed E-state index contributed by atoms with van der Waals surface area (Å²) in [5.41, 5.74) is 0.670. The number of rotatable bonds is 8. The van der Waals surface area contributed by atoms with Crippen molar-refractivity contribution in [2.24, 2.45) is 0 Å². The molecule has 0 amide bonds. The van der Waals surface area contributed by atoms with E-state index >= 15 is 0 Å². The Labute approximate surface area is 171 Å². The third-order valence-electron chi connectivity index (χ3n) is 4.84. The highest BCUT2D eigenvalue weighted by Gasteiger charge is 2.29. The smallest absolute Gasteiger partial charge is 0.310 e. The highest BCUT2D eigenvalue weighted by molar-refractivity contribution is 5.75. The normalized spacial score (nSPS) is 17.6. The molecule has 1 aliphatic heterocycles. The fraction of sp³-hybridized carbons (Fsp3) is 0.450. The van der Waals surface area contributed by atoms with Crippen molar-refractivity contribution in [2.75, 3.05) is 29.9 Å². The first-order valence-electron chi connectivity index (χ1n) is 9.50. The fourth-order valence-electron chi connectivity index (χ4n) is 3.13. The summed E-state index contributed by atoms with van der Waals surface area (Å²) < 4.78 is 46.6. The number of hydrogen-bond acceptors (Lipinski definition) is 6. The van der Waals surface area contributed by atoms with Crippen molar-refractivity contribution < 1.29 is 27.8 Å². The zero-order valence-corrected chi connectivity index (χ0v) is 16.6. The summed E-state index contributed by atoms with van der Waals surface area (Å²) in [4.78, 5) is 20.4. The van der Waals surface area contributed by atoms with Gasteiger partial charge >= 0.3 is 5.97 Å². The average Bonchev–Trinajstić information content (AvgIpc) is 3.14. The summed E-state index contributed by atoms with van der Waals surface area (Å²) in [7, 11) is 0. The van der Waals surface area contributed by atoms with Crippen molar-refractivity contribution >= 4 is 17.6 Å². The molecular formula is C20H23F3N4O3. The topological polar surface area (TPSA) is 87.6 Å². The van der Waals surface area contributed by atoms with Crippen LogP contribution in [0.15, 0.2) is 30.6 Å². The van der Waals surface area contributed by atoms with E-state index < -0.39 is 30.2 Å². The van der Waals surface area contributed by atoms with E-state index in [4.69, 9.17) is 9.84 Å². The monoisotopic (exact) mass is 424 g/mol. The summed E-state index contributed by atoms with van der Waals surface area (Å²) in [6.45, 7) is 2.45. The van der Waals surface area contributed by atoms with Gasteiger partial charge in [-0.25, -0.2) is 18.7 Å². The maximum atomic E-state index is 14.7. The number of nitrogens with one attached hydrogen (secondary N) is 1. The zero-order valence-electron chi connectivity index (χ0n) is 16.6. The average molecular weight is 424 g/mol. The second-order valence-corrected chi connectivity index (χ2v) is 7.39. The van der Waals surface area contributed by atoms with Crippen LogP contribution in [0, 0.1) is 5.82 Å². The molecule has 2 heterocycles. The van der Waals surface area contributed by atoms with Crippen LogP contribution in [0.3, 0.4) is 0 Å². The van der Waals surface area contributed by atoms with Crippen LogP contribution in [0.5, 0.6) is 5.75 Å². The Balaban J connectivity index is 1.62. The summed E-state index contributed by atoms with van der Waals surface area (Å²) in [6.07, 6.45) is 1.52. The van der Waals surface area contributed by atoms with Crippen molar-refractivity contribution in [3.8, 4) is 5.75 Å². The summed E-state index contributed by atoms with van der Waals surface area (Å²) >= 11 is 0. The van der Waals surface area contributed by atoms with Crippen molar-refractivity contribution in [3.05, 3.63) is 42.0 Å². The van der Waals surface area contributed by atoms with E-state index in [0.717, 1.165) is 13.3 Å². The molecule has 2 atom stereocenters. The van der Waals surface area contributed by atoms with Crippen LogP contribution in [0.1, 0.15) is 31.7 Å². The predicted molar refractivity (Wildman–Crippen MR) is 105 cm³/mol. The Kier molecular flexibility index (Phi) is 6.33.